The van der Waals surface area contributed by atoms with Crippen molar-refractivity contribution in [2.24, 2.45) is 5.73 Å². The lowest BCUT2D eigenvalue weighted by molar-refractivity contribution is -0.130. The zero-order chi connectivity index (χ0) is 12.0. The SMILES string of the molecule is CCCC(N)CC(=O)N(C)Cc1ccsc1. The van der Waals surface area contributed by atoms with Gasteiger partial charge in [-0.3, -0.25) is 4.79 Å². The lowest BCUT2D eigenvalue weighted by Gasteiger charge is -2.18. The van der Waals surface area contributed by atoms with Crippen molar-refractivity contribution in [3.8, 4) is 0 Å². The molecule has 2 N–H and O–H groups in total. The fourth-order valence-corrected chi connectivity index (χ4v) is 2.26. The molecule has 0 aromatic carbocycles. The first-order chi connectivity index (χ1) is 7.63. The Morgan fingerprint density at radius 2 is 2.38 bits per heavy atom. The molecule has 1 unspecified atom stereocenters. The maximum Gasteiger partial charge on any atom is 0.224 e. The Bertz CT molecular complexity index is 311. The molecule has 0 radical (unpaired) electrons. The third-order valence-electron chi connectivity index (χ3n) is 2.52. The van der Waals surface area contributed by atoms with Crippen molar-refractivity contribution in [1.82, 2.24) is 4.90 Å². The van der Waals surface area contributed by atoms with E-state index in [4.69, 9.17) is 5.73 Å². The smallest absolute Gasteiger partial charge is 0.224 e. The molecule has 0 fully saturated rings. The highest BCUT2D eigenvalue weighted by Gasteiger charge is 2.13. The molecule has 1 rings (SSSR count). The first-order valence-electron chi connectivity index (χ1n) is 5.64. The summed E-state index contributed by atoms with van der Waals surface area (Å²) in [6.07, 6.45) is 2.40. The monoisotopic (exact) mass is 240 g/mol. The van der Waals surface area contributed by atoms with E-state index in [1.807, 2.05) is 18.5 Å². The Balaban J connectivity index is 2.36. The molecule has 0 aliphatic rings. The molecule has 0 saturated carbocycles. The average molecular weight is 240 g/mol. The number of nitrogens with two attached hydrogens (primary N) is 1. The van der Waals surface area contributed by atoms with Crippen LogP contribution in [0.2, 0.25) is 0 Å². The molecule has 4 heteroatoms. The summed E-state index contributed by atoms with van der Waals surface area (Å²) >= 11 is 1.65. The molecule has 1 aromatic heterocycles. The lowest BCUT2D eigenvalue weighted by atomic mass is 10.1. The molecular formula is C12H20N2OS. The van der Waals surface area contributed by atoms with E-state index in [0.29, 0.717) is 13.0 Å². The Morgan fingerprint density at radius 3 is 2.94 bits per heavy atom. The first kappa shape index (κ1) is 13.2. The van der Waals surface area contributed by atoms with E-state index < -0.39 is 0 Å². The van der Waals surface area contributed by atoms with Crippen LogP contribution >= 0.6 is 11.3 Å². The fourth-order valence-electron chi connectivity index (χ4n) is 1.60. The zero-order valence-electron chi connectivity index (χ0n) is 9.98. The van der Waals surface area contributed by atoms with E-state index in [1.54, 1.807) is 16.2 Å². The molecule has 1 heterocycles. The minimum atomic E-state index is 0.00225. The predicted molar refractivity (Wildman–Crippen MR) is 68.3 cm³/mol. The fraction of sp³-hybridized carbons (Fsp3) is 0.583. The Labute approximate surface area is 101 Å². The van der Waals surface area contributed by atoms with E-state index >= 15 is 0 Å². The number of hydrogen-bond acceptors (Lipinski definition) is 3. The van der Waals surface area contributed by atoms with Gasteiger partial charge in [0.2, 0.25) is 5.91 Å². The molecule has 1 atom stereocenters. The van der Waals surface area contributed by atoms with Crippen LogP contribution in [0.25, 0.3) is 0 Å². The lowest BCUT2D eigenvalue weighted by Crippen LogP contribution is -2.32. The van der Waals surface area contributed by atoms with Crippen molar-refractivity contribution in [3.05, 3.63) is 22.4 Å². The van der Waals surface area contributed by atoms with Crippen LogP contribution in [-0.4, -0.2) is 23.9 Å². The number of nitrogens with zero attached hydrogens (tertiary/aromatic N) is 1. The van der Waals surface area contributed by atoms with Crippen LogP contribution in [0.5, 0.6) is 0 Å². The second kappa shape index (κ2) is 6.66. The quantitative estimate of drug-likeness (QED) is 0.828. The molecule has 90 valence electrons. The summed E-state index contributed by atoms with van der Waals surface area (Å²) in [6.45, 7) is 2.76. The molecule has 0 aliphatic heterocycles. The summed E-state index contributed by atoms with van der Waals surface area (Å²) in [5.41, 5.74) is 7.04. The van der Waals surface area contributed by atoms with Gasteiger partial charge in [-0.15, -0.1) is 0 Å². The van der Waals surface area contributed by atoms with Gasteiger partial charge >= 0.3 is 0 Å². The zero-order valence-corrected chi connectivity index (χ0v) is 10.8. The van der Waals surface area contributed by atoms with E-state index in [-0.39, 0.29) is 11.9 Å². The molecule has 0 spiro atoms. The van der Waals surface area contributed by atoms with Gasteiger partial charge in [-0.25, -0.2) is 0 Å². The summed E-state index contributed by atoms with van der Waals surface area (Å²) < 4.78 is 0. The first-order valence-corrected chi connectivity index (χ1v) is 6.58. The number of hydrogen-bond donors (Lipinski definition) is 1. The second-order valence-corrected chi connectivity index (χ2v) is 4.91. The Morgan fingerprint density at radius 1 is 1.62 bits per heavy atom. The number of rotatable bonds is 6. The van der Waals surface area contributed by atoms with Gasteiger partial charge in [0.15, 0.2) is 0 Å². The maximum atomic E-state index is 11.8. The van der Waals surface area contributed by atoms with Crippen molar-refractivity contribution < 1.29 is 4.79 Å². The van der Waals surface area contributed by atoms with Gasteiger partial charge in [0.05, 0.1) is 0 Å². The topological polar surface area (TPSA) is 46.3 Å². The summed E-state index contributed by atoms with van der Waals surface area (Å²) in [6, 6.07) is 2.04. The van der Waals surface area contributed by atoms with Crippen LogP contribution in [0.4, 0.5) is 0 Å². The van der Waals surface area contributed by atoms with Gasteiger partial charge in [0.1, 0.15) is 0 Å². The molecule has 1 amide bonds. The van der Waals surface area contributed by atoms with Crippen LogP contribution in [-0.2, 0) is 11.3 Å². The minimum absolute atomic E-state index is 0.00225. The van der Waals surface area contributed by atoms with Gasteiger partial charge in [-0.1, -0.05) is 13.3 Å². The summed E-state index contributed by atoms with van der Waals surface area (Å²) in [4.78, 5) is 13.6. The van der Waals surface area contributed by atoms with Crippen molar-refractivity contribution in [2.45, 2.75) is 38.8 Å². The van der Waals surface area contributed by atoms with Gasteiger partial charge in [-0.05, 0) is 28.8 Å². The normalized spacial score (nSPS) is 12.4. The second-order valence-electron chi connectivity index (χ2n) is 4.13. The van der Waals surface area contributed by atoms with E-state index in [1.165, 1.54) is 5.56 Å². The molecule has 3 nitrogen and oxygen atoms in total. The van der Waals surface area contributed by atoms with Crippen molar-refractivity contribution in [3.63, 3.8) is 0 Å². The molecule has 0 saturated heterocycles. The summed E-state index contributed by atoms with van der Waals surface area (Å²) in [7, 11) is 1.83. The highest BCUT2D eigenvalue weighted by molar-refractivity contribution is 7.07. The molecule has 16 heavy (non-hydrogen) atoms. The van der Waals surface area contributed by atoms with Crippen LogP contribution < -0.4 is 5.73 Å². The molecule has 1 aromatic rings. The standard InChI is InChI=1S/C12H20N2OS/c1-3-4-11(13)7-12(15)14(2)8-10-5-6-16-9-10/h5-6,9,11H,3-4,7-8,13H2,1-2H3. The van der Waals surface area contributed by atoms with Gasteiger partial charge in [0.25, 0.3) is 0 Å². The van der Waals surface area contributed by atoms with E-state index in [9.17, 15) is 4.79 Å². The third-order valence-corrected chi connectivity index (χ3v) is 3.25. The van der Waals surface area contributed by atoms with Crippen LogP contribution in [0, 0.1) is 0 Å². The highest BCUT2D eigenvalue weighted by atomic mass is 32.1. The Hall–Kier alpha value is -0.870. The third kappa shape index (κ3) is 4.33. The number of carbonyl (C=O) groups is 1. The molecule has 0 bridgehead atoms. The van der Waals surface area contributed by atoms with Crippen molar-refractivity contribution in [1.29, 1.82) is 0 Å². The van der Waals surface area contributed by atoms with Crippen molar-refractivity contribution in [2.75, 3.05) is 7.05 Å². The number of amides is 1. The summed E-state index contributed by atoms with van der Waals surface area (Å²) in [5.74, 6) is 0.132. The molecular weight excluding hydrogens is 220 g/mol. The van der Waals surface area contributed by atoms with Crippen LogP contribution in [0.1, 0.15) is 31.7 Å². The van der Waals surface area contributed by atoms with E-state index in [2.05, 4.69) is 12.3 Å². The summed E-state index contributed by atoms with van der Waals surface area (Å²) in [5, 5.41) is 4.09. The number of thiophene rings is 1. The maximum absolute atomic E-state index is 11.8. The van der Waals surface area contributed by atoms with Crippen LogP contribution in [0.3, 0.4) is 0 Å². The van der Waals surface area contributed by atoms with Crippen molar-refractivity contribution >= 4 is 17.2 Å². The largest absolute Gasteiger partial charge is 0.341 e. The Kier molecular flexibility index (Phi) is 5.49. The minimum Gasteiger partial charge on any atom is -0.341 e. The average Bonchev–Trinajstić information content (AvgIpc) is 2.70. The van der Waals surface area contributed by atoms with Gasteiger partial charge in [0, 0.05) is 26.1 Å². The van der Waals surface area contributed by atoms with Crippen LogP contribution in [0.15, 0.2) is 16.8 Å². The molecule has 0 aliphatic carbocycles. The number of carbonyl (C=O) groups excluding carboxylic acids is 1. The highest BCUT2D eigenvalue weighted by Crippen LogP contribution is 2.10. The van der Waals surface area contributed by atoms with Gasteiger partial charge in [-0.2, -0.15) is 11.3 Å². The predicted octanol–water partition coefficient (Wildman–Crippen LogP) is 2.22. The van der Waals surface area contributed by atoms with Gasteiger partial charge < -0.3 is 10.6 Å². The van der Waals surface area contributed by atoms with E-state index in [0.717, 1.165) is 12.8 Å².